The van der Waals surface area contributed by atoms with E-state index in [0.717, 1.165) is 11.3 Å². The van der Waals surface area contributed by atoms with E-state index in [-0.39, 0.29) is 11.4 Å². The molecule has 2 rings (SSSR count). The second kappa shape index (κ2) is 3.65. The van der Waals surface area contributed by atoms with E-state index in [1.54, 1.807) is 18.6 Å². The van der Waals surface area contributed by atoms with Gasteiger partial charge in [-0.05, 0) is 18.6 Å². The second-order valence-corrected chi connectivity index (χ2v) is 3.40. The van der Waals surface area contributed by atoms with Crippen LogP contribution in [0.3, 0.4) is 0 Å². The summed E-state index contributed by atoms with van der Waals surface area (Å²) < 4.78 is 1.50. The molecule has 4 N–H and O–H groups in total. The number of carbonyl (C=O) groups excluding carboxylic acids is 1. The number of aromatic nitrogens is 3. The average molecular weight is 217 g/mol. The van der Waals surface area contributed by atoms with Gasteiger partial charge in [-0.3, -0.25) is 9.78 Å². The van der Waals surface area contributed by atoms with E-state index in [1.807, 2.05) is 13.0 Å². The van der Waals surface area contributed by atoms with Crippen LogP contribution in [0.15, 0.2) is 24.7 Å². The number of hydrogen-bond acceptors (Lipinski definition) is 4. The van der Waals surface area contributed by atoms with Crippen molar-refractivity contribution in [2.24, 2.45) is 5.73 Å². The number of nitrogens with two attached hydrogens (primary N) is 2. The van der Waals surface area contributed by atoms with Crippen molar-refractivity contribution < 1.29 is 4.79 Å². The van der Waals surface area contributed by atoms with E-state index in [4.69, 9.17) is 11.5 Å². The molecule has 16 heavy (non-hydrogen) atoms. The predicted molar refractivity (Wildman–Crippen MR) is 59.0 cm³/mol. The molecule has 0 aliphatic rings. The number of aryl methyl sites for hydroxylation is 1. The number of pyridine rings is 1. The molecule has 0 aromatic carbocycles. The van der Waals surface area contributed by atoms with Crippen LogP contribution in [0.1, 0.15) is 16.1 Å². The molecule has 1 amide bonds. The molecule has 0 atom stereocenters. The monoisotopic (exact) mass is 217 g/mol. The lowest BCUT2D eigenvalue weighted by Gasteiger charge is -2.03. The van der Waals surface area contributed by atoms with E-state index in [9.17, 15) is 4.79 Å². The zero-order chi connectivity index (χ0) is 11.7. The van der Waals surface area contributed by atoms with Crippen molar-refractivity contribution in [2.45, 2.75) is 6.92 Å². The standard InChI is InChI=1S/C10H11N5O/c1-6-2-3-13-4-8(6)15-5-7(11)9(14-15)10(12)16/h2-5H,11H2,1H3,(H2,12,16). The van der Waals surface area contributed by atoms with Crippen LogP contribution in [0.4, 0.5) is 5.69 Å². The molecular formula is C10H11N5O. The number of amides is 1. The molecule has 2 aromatic heterocycles. The molecular weight excluding hydrogens is 206 g/mol. The van der Waals surface area contributed by atoms with Crippen molar-refractivity contribution in [1.29, 1.82) is 0 Å². The van der Waals surface area contributed by atoms with E-state index in [2.05, 4.69) is 10.1 Å². The number of nitrogens with zero attached hydrogens (tertiary/aromatic N) is 3. The first-order chi connectivity index (χ1) is 7.59. The molecule has 2 aromatic rings. The van der Waals surface area contributed by atoms with Crippen molar-refractivity contribution in [1.82, 2.24) is 14.8 Å². The molecule has 0 saturated heterocycles. The van der Waals surface area contributed by atoms with Gasteiger partial charge in [0.05, 0.1) is 23.8 Å². The fourth-order valence-corrected chi connectivity index (χ4v) is 1.40. The molecule has 0 saturated carbocycles. The molecule has 0 unspecified atom stereocenters. The summed E-state index contributed by atoms with van der Waals surface area (Å²) in [6, 6.07) is 1.84. The van der Waals surface area contributed by atoms with Crippen molar-refractivity contribution in [3.05, 3.63) is 35.9 Å². The van der Waals surface area contributed by atoms with Crippen LogP contribution >= 0.6 is 0 Å². The van der Waals surface area contributed by atoms with Crippen LogP contribution in [0, 0.1) is 6.92 Å². The Morgan fingerprint density at radius 1 is 1.50 bits per heavy atom. The maximum atomic E-state index is 11.0. The topological polar surface area (TPSA) is 99.8 Å². The van der Waals surface area contributed by atoms with Gasteiger partial charge in [0.25, 0.3) is 5.91 Å². The quantitative estimate of drug-likeness (QED) is 0.753. The molecule has 0 aliphatic heterocycles. The molecule has 0 radical (unpaired) electrons. The minimum Gasteiger partial charge on any atom is -0.396 e. The van der Waals surface area contributed by atoms with Crippen molar-refractivity contribution in [3.63, 3.8) is 0 Å². The number of carbonyl (C=O) groups is 1. The van der Waals surface area contributed by atoms with Gasteiger partial charge in [-0.15, -0.1) is 0 Å². The van der Waals surface area contributed by atoms with Crippen LogP contribution in [0.5, 0.6) is 0 Å². The highest BCUT2D eigenvalue weighted by Gasteiger charge is 2.12. The zero-order valence-corrected chi connectivity index (χ0v) is 8.71. The molecule has 0 aliphatic carbocycles. The van der Waals surface area contributed by atoms with E-state index in [0.29, 0.717) is 0 Å². The largest absolute Gasteiger partial charge is 0.396 e. The van der Waals surface area contributed by atoms with Crippen molar-refractivity contribution >= 4 is 11.6 Å². The van der Waals surface area contributed by atoms with Gasteiger partial charge >= 0.3 is 0 Å². The van der Waals surface area contributed by atoms with Gasteiger partial charge in [0.2, 0.25) is 0 Å². The Labute approximate surface area is 91.9 Å². The number of rotatable bonds is 2. The Bertz CT molecular complexity index is 546. The summed E-state index contributed by atoms with van der Waals surface area (Å²) in [6.07, 6.45) is 4.87. The van der Waals surface area contributed by atoms with Gasteiger partial charge in [-0.2, -0.15) is 5.10 Å². The highest BCUT2D eigenvalue weighted by atomic mass is 16.1. The van der Waals surface area contributed by atoms with E-state index in [1.165, 1.54) is 4.68 Å². The molecule has 6 heteroatoms. The average Bonchev–Trinajstić information content (AvgIpc) is 2.61. The highest BCUT2D eigenvalue weighted by molar-refractivity contribution is 5.95. The summed E-state index contributed by atoms with van der Waals surface area (Å²) in [6.45, 7) is 1.92. The zero-order valence-electron chi connectivity index (χ0n) is 8.71. The van der Waals surface area contributed by atoms with Gasteiger partial charge in [0, 0.05) is 6.20 Å². The van der Waals surface area contributed by atoms with Gasteiger partial charge in [-0.25, -0.2) is 4.68 Å². The smallest absolute Gasteiger partial charge is 0.271 e. The number of anilines is 1. The molecule has 82 valence electrons. The lowest BCUT2D eigenvalue weighted by atomic mass is 10.2. The van der Waals surface area contributed by atoms with Gasteiger partial charge < -0.3 is 11.5 Å². The van der Waals surface area contributed by atoms with Crippen LogP contribution in [-0.2, 0) is 0 Å². The van der Waals surface area contributed by atoms with Crippen LogP contribution in [0.2, 0.25) is 0 Å². The normalized spacial score (nSPS) is 10.3. The summed E-state index contributed by atoms with van der Waals surface area (Å²) in [5.41, 5.74) is 12.8. The lowest BCUT2D eigenvalue weighted by molar-refractivity contribution is 0.0996. The van der Waals surface area contributed by atoms with Gasteiger partial charge in [-0.1, -0.05) is 0 Å². The van der Waals surface area contributed by atoms with Crippen molar-refractivity contribution in [2.75, 3.05) is 5.73 Å². The number of hydrogen-bond donors (Lipinski definition) is 2. The molecule has 6 nitrogen and oxygen atoms in total. The molecule has 0 spiro atoms. The van der Waals surface area contributed by atoms with Crippen molar-refractivity contribution in [3.8, 4) is 5.69 Å². The minimum absolute atomic E-state index is 0.0725. The summed E-state index contributed by atoms with van der Waals surface area (Å²) in [5.74, 6) is -0.641. The van der Waals surface area contributed by atoms with Crippen LogP contribution in [0.25, 0.3) is 5.69 Å². The summed E-state index contributed by atoms with van der Waals surface area (Å²) in [7, 11) is 0. The minimum atomic E-state index is -0.641. The number of nitrogen functional groups attached to an aromatic ring is 1. The van der Waals surface area contributed by atoms with Crippen LogP contribution < -0.4 is 11.5 Å². The Morgan fingerprint density at radius 2 is 2.25 bits per heavy atom. The summed E-state index contributed by atoms with van der Waals surface area (Å²) in [4.78, 5) is 15.0. The highest BCUT2D eigenvalue weighted by Crippen LogP contribution is 2.15. The Morgan fingerprint density at radius 3 is 2.81 bits per heavy atom. The Hall–Kier alpha value is -2.37. The van der Waals surface area contributed by atoms with E-state index >= 15 is 0 Å². The maximum absolute atomic E-state index is 11.0. The van der Waals surface area contributed by atoms with Crippen LogP contribution in [-0.4, -0.2) is 20.7 Å². The Kier molecular flexibility index (Phi) is 2.32. The fraction of sp³-hybridized carbons (Fsp3) is 0.100. The molecule has 0 fully saturated rings. The Balaban J connectivity index is 2.54. The third kappa shape index (κ3) is 1.60. The van der Waals surface area contributed by atoms with Gasteiger partial charge in [0.15, 0.2) is 5.69 Å². The lowest BCUT2D eigenvalue weighted by Crippen LogP contribution is -2.14. The van der Waals surface area contributed by atoms with Gasteiger partial charge in [0.1, 0.15) is 0 Å². The summed E-state index contributed by atoms with van der Waals surface area (Å²) >= 11 is 0. The first-order valence-electron chi connectivity index (χ1n) is 4.65. The predicted octanol–water partition coefficient (Wildman–Crippen LogP) is 0.257. The SMILES string of the molecule is Cc1ccncc1-n1cc(N)c(C(N)=O)n1. The first-order valence-corrected chi connectivity index (χ1v) is 4.65. The molecule has 2 heterocycles. The van der Waals surface area contributed by atoms with E-state index < -0.39 is 5.91 Å². The maximum Gasteiger partial charge on any atom is 0.271 e. The number of primary amides is 1. The third-order valence-corrected chi connectivity index (χ3v) is 2.23. The summed E-state index contributed by atoms with van der Waals surface area (Å²) in [5, 5.41) is 4.02. The fourth-order valence-electron chi connectivity index (χ4n) is 1.40. The third-order valence-electron chi connectivity index (χ3n) is 2.23. The molecule has 0 bridgehead atoms. The first kappa shape index (κ1) is 10.2. The second-order valence-electron chi connectivity index (χ2n) is 3.40.